The zero-order valence-electron chi connectivity index (χ0n) is 16.0. The normalized spacial score (nSPS) is 11.3. The lowest BCUT2D eigenvalue weighted by molar-refractivity contribution is -0.142. The van der Waals surface area contributed by atoms with E-state index in [1.165, 1.54) is 11.8 Å². The van der Waals surface area contributed by atoms with Gasteiger partial charge in [-0.1, -0.05) is 60.7 Å². The molecule has 0 fully saturated rings. The monoisotopic (exact) mass is 417 g/mol. The van der Waals surface area contributed by atoms with Crippen LogP contribution in [0.15, 0.2) is 60.7 Å². The van der Waals surface area contributed by atoms with Gasteiger partial charge in [0.2, 0.25) is 0 Å². The highest BCUT2D eigenvalue weighted by Crippen LogP contribution is 2.15. The lowest BCUT2D eigenvalue weighted by Crippen LogP contribution is -2.49. The molecule has 2 aromatic carbocycles. The molecule has 0 bridgehead atoms. The summed E-state index contributed by atoms with van der Waals surface area (Å²) in [6.45, 7) is -0.173. The van der Waals surface area contributed by atoms with Gasteiger partial charge in [0.1, 0.15) is 19.3 Å². The maximum atomic E-state index is 12.6. The highest BCUT2D eigenvalue weighted by molar-refractivity contribution is 7.98. The van der Waals surface area contributed by atoms with E-state index >= 15 is 0 Å². The van der Waals surface area contributed by atoms with Crippen molar-refractivity contribution < 1.29 is 29.0 Å². The van der Waals surface area contributed by atoms with E-state index in [1.807, 2.05) is 18.4 Å². The first-order valence-electron chi connectivity index (χ1n) is 8.95. The third-order valence-electron chi connectivity index (χ3n) is 4.00. The van der Waals surface area contributed by atoms with Crippen molar-refractivity contribution in [3.63, 3.8) is 0 Å². The van der Waals surface area contributed by atoms with E-state index in [9.17, 15) is 19.5 Å². The minimum atomic E-state index is -1.38. The van der Waals surface area contributed by atoms with Crippen LogP contribution in [0.2, 0.25) is 0 Å². The smallest absolute Gasteiger partial charge is 0.420 e. The molecule has 0 aliphatic heterocycles. The number of nitrogens with zero attached hydrogens (tertiary/aromatic N) is 1. The molecule has 2 rings (SSSR count). The van der Waals surface area contributed by atoms with Gasteiger partial charge in [-0.25, -0.2) is 14.4 Å². The van der Waals surface area contributed by atoms with Crippen molar-refractivity contribution in [2.75, 3.05) is 12.0 Å². The van der Waals surface area contributed by atoms with Gasteiger partial charge in [-0.05, 0) is 29.6 Å². The van der Waals surface area contributed by atoms with Crippen LogP contribution in [0, 0.1) is 0 Å². The zero-order chi connectivity index (χ0) is 21.1. The second-order valence-corrected chi connectivity index (χ2v) is 7.07. The van der Waals surface area contributed by atoms with Crippen molar-refractivity contribution in [3.8, 4) is 0 Å². The summed E-state index contributed by atoms with van der Waals surface area (Å²) in [5.74, 6) is -0.849. The van der Waals surface area contributed by atoms with Crippen LogP contribution in [-0.4, -0.2) is 46.2 Å². The summed E-state index contributed by atoms with van der Waals surface area (Å²) in [5.41, 5.74) is 1.43. The highest BCUT2D eigenvalue weighted by Gasteiger charge is 2.37. The van der Waals surface area contributed by atoms with Gasteiger partial charge < -0.3 is 14.6 Å². The van der Waals surface area contributed by atoms with Crippen LogP contribution in [0.25, 0.3) is 0 Å². The molecule has 8 heteroatoms. The van der Waals surface area contributed by atoms with Gasteiger partial charge in [0.15, 0.2) is 0 Å². The van der Waals surface area contributed by atoms with Gasteiger partial charge in [0.25, 0.3) is 0 Å². The lowest BCUT2D eigenvalue weighted by Gasteiger charge is -2.25. The number of carboxylic acids is 1. The molecule has 0 aliphatic carbocycles. The Morgan fingerprint density at radius 1 is 0.897 bits per heavy atom. The number of hydrogen-bond donors (Lipinski definition) is 1. The summed E-state index contributed by atoms with van der Waals surface area (Å²) in [5, 5.41) is 9.57. The average molecular weight is 417 g/mol. The Morgan fingerprint density at radius 2 is 1.34 bits per heavy atom. The molecule has 29 heavy (non-hydrogen) atoms. The number of benzene rings is 2. The number of ether oxygens (including phenoxy) is 2. The molecule has 0 saturated carbocycles. The van der Waals surface area contributed by atoms with Crippen LogP contribution >= 0.6 is 11.8 Å². The number of rotatable bonds is 9. The summed E-state index contributed by atoms with van der Waals surface area (Å²) in [6.07, 6.45) is -0.219. The van der Waals surface area contributed by atoms with Gasteiger partial charge >= 0.3 is 18.2 Å². The number of carboxylic acid groups (broad SMARTS) is 1. The highest BCUT2D eigenvalue weighted by atomic mass is 32.2. The minimum absolute atomic E-state index is 0.0807. The molecule has 0 aromatic heterocycles. The van der Waals surface area contributed by atoms with Crippen molar-refractivity contribution in [3.05, 3.63) is 71.8 Å². The first-order valence-corrected chi connectivity index (χ1v) is 10.3. The van der Waals surface area contributed by atoms with E-state index in [0.29, 0.717) is 10.7 Å². The Labute approximate surface area is 173 Å². The summed E-state index contributed by atoms with van der Waals surface area (Å²) < 4.78 is 10.4. The number of hydrogen-bond acceptors (Lipinski definition) is 6. The second-order valence-electron chi connectivity index (χ2n) is 6.09. The third-order valence-corrected chi connectivity index (χ3v) is 4.64. The number of aliphatic carboxylic acids is 1. The molecule has 0 aliphatic rings. The standard InChI is InChI=1S/C21H23NO6S/c1-29-13-12-18(19(23)24)22(20(25)27-14-16-8-4-2-5-9-16)21(26)28-15-17-10-6-3-7-11-17/h2-11,18H,12-15H2,1H3,(H,23,24)/t18-/m0/s1. The van der Waals surface area contributed by atoms with Crippen LogP contribution in [0.1, 0.15) is 17.5 Å². The molecule has 0 heterocycles. The Morgan fingerprint density at radius 3 is 1.72 bits per heavy atom. The molecular formula is C21H23NO6S. The Hall–Kier alpha value is -3.00. The topological polar surface area (TPSA) is 93.1 Å². The molecule has 2 aromatic rings. The maximum absolute atomic E-state index is 12.6. The largest absolute Gasteiger partial charge is 0.480 e. The van der Waals surface area contributed by atoms with E-state index < -0.39 is 24.2 Å². The summed E-state index contributed by atoms with van der Waals surface area (Å²) >= 11 is 1.41. The minimum Gasteiger partial charge on any atom is -0.480 e. The van der Waals surface area contributed by atoms with Gasteiger partial charge in [0, 0.05) is 0 Å². The molecule has 0 radical (unpaired) electrons. The lowest BCUT2D eigenvalue weighted by atomic mass is 10.2. The Bertz CT molecular complexity index is 744. The maximum Gasteiger partial charge on any atom is 0.420 e. The predicted octanol–water partition coefficient (Wildman–Crippen LogP) is 4.17. The van der Waals surface area contributed by atoms with Gasteiger partial charge in [-0.2, -0.15) is 16.7 Å². The van der Waals surface area contributed by atoms with Crippen molar-refractivity contribution in [1.29, 1.82) is 0 Å². The van der Waals surface area contributed by atoms with Gasteiger partial charge in [0.05, 0.1) is 0 Å². The van der Waals surface area contributed by atoms with Gasteiger partial charge in [-0.3, -0.25) is 0 Å². The molecule has 0 unspecified atom stereocenters. The number of amides is 2. The summed E-state index contributed by atoms with van der Waals surface area (Å²) in [4.78, 5) is 37.5. The molecular weight excluding hydrogens is 394 g/mol. The van der Waals surface area contributed by atoms with E-state index in [0.717, 1.165) is 11.1 Å². The van der Waals surface area contributed by atoms with Crippen LogP contribution < -0.4 is 0 Å². The summed E-state index contributed by atoms with van der Waals surface area (Å²) in [7, 11) is 0. The molecule has 0 saturated heterocycles. The van der Waals surface area contributed by atoms with E-state index in [1.54, 1.807) is 48.5 Å². The number of carbonyl (C=O) groups excluding carboxylic acids is 2. The van der Waals surface area contributed by atoms with Crippen molar-refractivity contribution in [1.82, 2.24) is 4.90 Å². The molecule has 1 N–H and O–H groups in total. The Kier molecular flexibility index (Phi) is 9.04. The fourth-order valence-electron chi connectivity index (χ4n) is 2.50. The van der Waals surface area contributed by atoms with Crippen LogP contribution in [0.3, 0.4) is 0 Å². The predicted molar refractivity (Wildman–Crippen MR) is 110 cm³/mol. The van der Waals surface area contributed by atoms with Crippen LogP contribution in [-0.2, 0) is 27.5 Å². The quantitative estimate of drug-likeness (QED) is 0.654. The van der Waals surface area contributed by atoms with Crippen molar-refractivity contribution >= 4 is 29.9 Å². The molecule has 0 spiro atoms. The van der Waals surface area contributed by atoms with Crippen LogP contribution in [0.5, 0.6) is 0 Å². The molecule has 2 amide bonds. The SMILES string of the molecule is CSCC[C@@H](C(=O)O)N(C(=O)OCc1ccccc1)C(=O)OCc1ccccc1. The number of carbonyl (C=O) groups is 3. The zero-order valence-corrected chi connectivity index (χ0v) is 16.8. The average Bonchev–Trinajstić information content (AvgIpc) is 2.74. The van der Waals surface area contributed by atoms with Gasteiger partial charge in [-0.15, -0.1) is 0 Å². The molecule has 7 nitrogen and oxygen atoms in total. The fourth-order valence-corrected chi connectivity index (χ4v) is 2.96. The molecule has 1 atom stereocenters. The molecule has 154 valence electrons. The van der Waals surface area contributed by atoms with E-state index in [4.69, 9.17) is 9.47 Å². The first-order chi connectivity index (χ1) is 14.0. The summed E-state index contributed by atoms with van der Waals surface area (Å²) in [6, 6.07) is 16.4. The van der Waals surface area contributed by atoms with E-state index in [2.05, 4.69) is 0 Å². The van der Waals surface area contributed by atoms with Crippen molar-refractivity contribution in [2.24, 2.45) is 0 Å². The van der Waals surface area contributed by atoms with Crippen molar-refractivity contribution in [2.45, 2.75) is 25.7 Å². The second kappa shape index (κ2) is 11.8. The first kappa shape index (κ1) is 22.3. The van der Waals surface area contributed by atoms with E-state index in [-0.39, 0.29) is 19.6 Å². The fraction of sp³-hybridized carbons (Fsp3) is 0.286. The number of imide groups is 1. The third kappa shape index (κ3) is 7.15. The number of thioether (sulfide) groups is 1. The Balaban J connectivity index is 2.12. The van der Waals surface area contributed by atoms with Crippen LogP contribution in [0.4, 0.5) is 9.59 Å².